The van der Waals surface area contributed by atoms with Crippen molar-refractivity contribution >= 4 is 49.4 Å². The lowest BCUT2D eigenvalue weighted by atomic mass is 9.81. The molecule has 0 spiro atoms. The van der Waals surface area contributed by atoms with E-state index >= 15 is 0 Å². The van der Waals surface area contributed by atoms with Crippen LogP contribution in [0.25, 0.3) is 54.6 Å². The van der Waals surface area contributed by atoms with Crippen molar-refractivity contribution in [1.29, 1.82) is 0 Å². The second kappa shape index (κ2) is 10.2. The van der Waals surface area contributed by atoms with Crippen LogP contribution in [0, 0.1) is 0 Å². The van der Waals surface area contributed by atoms with Crippen LogP contribution in [0.1, 0.15) is 25.0 Å². The SMILES string of the molecule is CC1(C)c2ccccc2-c2c1ccc1ccc3ccc4cc(N(c5ccccc5)c5ccc(-c6ccccc6)cc5)ccc4c3c21. The van der Waals surface area contributed by atoms with Crippen molar-refractivity contribution in [3.05, 3.63) is 175 Å². The minimum absolute atomic E-state index is 0.0354. The van der Waals surface area contributed by atoms with E-state index in [2.05, 4.69) is 183 Å². The summed E-state index contributed by atoms with van der Waals surface area (Å²) in [5, 5.41) is 7.80. The largest absolute Gasteiger partial charge is 0.310 e. The highest BCUT2D eigenvalue weighted by Gasteiger charge is 2.36. The molecule has 0 atom stereocenters. The molecule has 46 heavy (non-hydrogen) atoms. The lowest BCUT2D eigenvalue weighted by Gasteiger charge is -2.26. The molecule has 8 aromatic carbocycles. The summed E-state index contributed by atoms with van der Waals surface area (Å²) in [4.78, 5) is 2.36. The lowest BCUT2D eigenvalue weighted by Crippen LogP contribution is -2.14. The summed E-state index contributed by atoms with van der Waals surface area (Å²) in [5.41, 5.74) is 11.4. The van der Waals surface area contributed by atoms with Crippen LogP contribution < -0.4 is 4.90 Å². The highest BCUT2D eigenvalue weighted by atomic mass is 15.1. The van der Waals surface area contributed by atoms with Crippen molar-refractivity contribution in [1.82, 2.24) is 0 Å². The number of hydrogen-bond donors (Lipinski definition) is 0. The molecule has 8 aromatic rings. The van der Waals surface area contributed by atoms with E-state index in [1.807, 2.05) is 0 Å². The molecule has 1 nitrogen and oxygen atoms in total. The van der Waals surface area contributed by atoms with Gasteiger partial charge in [-0.15, -0.1) is 0 Å². The molecule has 218 valence electrons. The van der Waals surface area contributed by atoms with Crippen molar-refractivity contribution in [3.63, 3.8) is 0 Å². The Balaban J connectivity index is 1.25. The first-order chi connectivity index (χ1) is 22.6. The van der Waals surface area contributed by atoms with Crippen LogP contribution in [0.3, 0.4) is 0 Å². The lowest BCUT2D eigenvalue weighted by molar-refractivity contribution is 0.661. The smallest absolute Gasteiger partial charge is 0.0468 e. The maximum absolute atomic E-state index is 2.36. The molecule has 1 aliphatic rings. The predicted molar refractivity (Wildman–Crippen MR) is 197 cm³/mol. The molecule has 1 heteroatoms. The highest BCUT2D eigenvalue weighted by molar-refractivity contribution is 6.25. The average molecular weight is 588 g/mol. The molecule has 0 aromatic heterocycles. The number of benzene rings is 8. The summed E-state index contributed by atoms with van der Waals surface area (Å²) in [5.74, 6) is 0. The Morgan fingerprint density at radius 2 is 0.978 bits per heavy atom. The molecule has 0 N–H and O–H groups in total. The Bertz CT molecular complexity index is 2420. The van der Waals surface area contributed by atoms with Gasteiger partial charge in [0.1, 0.15) is 0 Å². The zero-order chi connectivity index (χ0) is 30.8. The Hall–Kier alpha value is -5.66. The van der Waals surface area contributed by atoms with Crippen LogP contribution in [0.5, 0.6) is 0 Å². The van der Waals surface area contributed by atoms with E-state index in [1.54, 1.807) is 0 Å². The Morgan fingerprint density at radius 3 is 1.74 bits per heavy atom. The van der Waals surface area contributed by atoms with Gasteiger partial charge in [-0.3, -0.25) is 0 Å². The summed E-state index contributed by atoms with van der Waals surface area (Å²) in [6.45, 7) is 4.73. The molecule has 0 amide bonds. The minimum Gasteiger partial charge on any atom is -0.310 e. The molecule has 0 bridgehead atoms. The average Bonchev–Trinajstić information content (AvgIpc) is 3.35. The highest BCUT2D eigenvalue weighted by Crippen LogP contribution is 2.53. The number of hydrogen-bond acceptors (Lipinski definition) is 1. The summed E-state index contributed by atoms with van der Waals surface area (Å²) in [7, 11) is 0. The van der Waals surface area contributed by atoms with E-state index in [0.717, 1.165) is 17.1 Å². The standard InChI is InChI=1S/C45H33N/c1-45(2)40-16-10-9-15-39(40)44-41(45)28-23-33-18-17-32-19-20-34-29-37(26-27-38(34)42(32)43(33)44)46(35-13-7-4-8-14-35)36-24-21-31(22-25-36)30-11-5-3-6-12-30/h3-29H,1-2H3. The molecule has 1 aliphatic carbocycles. The van der Waals surface area contributed by atoms with Gasteiger partial charge in [0.05, 0.1) is 0 Å². The van der Waals surface area contributed by atoms with Gasteiger partial charge in [-0.05, 0) is 102 Å². The fourth-order valence-electron chi connectivity index (χ4n) is 7.75. The second-order valence-corrected chi connectivity index (χ2v) is 13.0. The third-order valence-corrected chi connectivity index (χ3v) is 10.0. The van der Waals surface area contributed by atoms with E-state index in [9.17, 15) is 0 Å². The third-order valence-electron chi connectivity index (χ3n) is 10.0. The quantitative estimate of drug-likeness (QED) is 0.185. The van der Waals surface area contributed by atoms with Crippen molar-refractivity contribution in [2.24, 2.45) is 0 Å². The normalized spacial score (nSPS) is 13.2. The Labute approximate surface area is 270 Å². The van der Waals surface area contributed by atoms with Crippen LogP contribution in [-0.4, -0.2) is 0 Å². The number of para-hydroxylation sites is 1. The topological polar surface area (TPSA) is 3.24 Å². The first-order valence-corrected chi connectivity index (χ1v) is 16.1. The van der Waals surface area contributed by atoms with E-state index in [0.29, 0.717) is 0 Å². The fourth-order valence-corrected chi connectivity index (χ4v) is 7.75. The first-order valence-electron chi connectivity index (χ1n) is 16.1. The molecule has 0 radical (unpaired) electrons. The zero-order valence-electron chi connectivity index (χ0n) is 26.0. The van der Waals surface area contributed by atoms with Crippen LogP contribution >= 0.6 is 0 Å². The second-order valence-electron chi connectivity index (χ2n) is 13.0. The molecule has 0 saturated carbocycles. The van der Waals surface area contributed by atoms with Crippen molar-refractivity contribution in [2.45, 2.75) is 19.3 Å². The maximum atomic E-state index is 2.36. The molecule has 0 heterocycles. The Kier molecular flexibility index (Phi) is 5.92. The fraction of sp³-hybridized carbons (Fsp3) is 0.0667. The van der Waals surface area contributed by atoms with Crippen LogP contribution in [0.4, 0.5) is 17.1 Å². The number of anilines is 3. The minimum atomic E-state index is -0.0354. The predicted octanol–water partition coefficient (Wildman–Crippen LogP) is 12.6. The van der Waals surface area contributed by atoms with E-state index in [4.69, 9.17) is 0 Å². The molecule has 0 unspecified atom stereocenters. The van der Waals surface area contributed by atoms with Gasteiger partial charge < -0.3 is 4.90 Å². The zero-order valence-corrected chi connectivity index (χ0v) is 26.0. The first kappa shape index (κ1) is 26.7. The van der Waals surface area contributed by atoms with Gasteiger partial charge >= 0.3 is 0 Å². The summed E-state index contributed by atoms with van der Waals surface area (Å²) in [6, 6.07) is 60.0. The van der Waals surface area contributed by atoms with Gasteiger partial charge in [0.15, 0.2) is 0 Å². The molecule has 9 rings (SSSR count). The number of fused-ring (bicyclic) bond motifs is 9. The van der Waals surface area contributed by atoms with Gasteiger partial charge in [0, 0.05) is 22.5 Å². The van der Waals surface area contributed by atoms with E-state index in [-0.39, 0.29) is 5.41 Å². The van der Waals surface area contributed by atoms with E-state index in [1.165, 1.54) is 65.7 Å². The Morgan fingerprint density at radius 1 is 0.413 bits per heavy atom. The number of rotatable bonds is 4. The van der Waals surface area contributed by atoms with E-state index < -0.39 is 0 Å². The molecule has 0 saturated heterocycles. The molecule has 0 fully saturated rings. The van der Waals surface area contributed by atoms with Gasteiger partial charge in [-0.25, -0.2) is 0 Å². The third kappa shape index (κ3) is 4.02. The summed E-state index contributed by atoms with van der Waals surface area (Å²) in [6.07, 6.45) is 0. The van der Waals surface area contributed by atoms with Crippen LogP contribution in [0.15, 0.2) is 164 Å². The van der Waals surface area contributed by atoms with Crippen LogP contribution in [-0.2, 0) is 5.41 Å². The summed E-state index contributed by atoms with van der Waals surface area (Å²) >= 11 is 0. The number of nitrogens with zero attached hydrogens (tertiary/aromatic N) is 1. The van der Waals surface area contributed by atoms with Crippen LogP contribution in [0.2, 0.25) is 0 Å². The molecule has 0 aliphatic heterocycles. The van der Waals surface area contributed by atoms with Crippen molar-refractivity contribution in [3.8, 4) is 22.3 Å². The van der Waals surface area contributed by atoms with Gasteiger partial charge in [-0.2, -0.15) is 0 Å². The molecular formula is C45H33N. The van der Waals surface area contributed by atoms with Crippen molar-refractivity contribution in [2.75, 3.05) is 4.90 Å². The molecular weight excluding hydrogens is 555 g/mol. The van der Waals surface area contributed by atoms with Gasteiger partial charge in [-0.1, -0.05) is 141 Å². The van der Waals surface area contributed by atoms with Gasteiger partial charge in [0.25, 0.3) is 0 Å². The monoisotopic (exact) mass is 587 g/mol. The maximum Gasteiger partial charge on any atom is 0.0468 e. The van der Waals surface area contributed by atoms with Crippen molar-refractivity contribution < 1.29 is 0 Å². The van der Waals surface area contributed by atoms with Gasteiger partial charge in [0.2, 0.25) is 0 Å². The summed E-state index contributed by atoms with van der Waals surface area (Å²) < 4.78 is 0.